The van der Waals surface area contributed by atoms with Gasteiger partial charge >= 0.3 is 5.76 Å². The van der Waals surface area contributed by atoms with E-state index in [9.17, 15) is 14.4 Å². The number of carbonyl (C=O) groups is 2. The maximum absolute atomic E-state index is 13.0. The summed E-state index contributed by atoms with van der Waals surface area (Å²) < 4.78 is 11.5. The lowest BCUT2D eigenvalue weighted by molar-refractivity contribution is -0.227. The van der Waals surface area contributed by atoms with Crippen LogP contribution in [0.5, 0.6) is 0 Å². The third-order valence-electron chi connectivity index (χ3n) is 3.81. The molecule has 1 heterocycles. The number of rotatable bonds is 12. The van der Waals surface area contributed by atoms with Crippen LogP contribution >= 0.6 is 0 Å². The molecule has 0 aliphatic rings. The molecule has 1 amide bonds. The summed E-state index contributed by atoms with van der Waals surface area (Å²) in [7, 11) is -1.25. The van der Waals surface area contributed by atoms with Crippen molar-refractivity contribution in [3.8, 4) is 0 Å². The smallest absolute Gasteiger partial charge is 0.384 e. The van der Waals surface area contributed by atoms with Crippen molar-refractivity contribution in [2.24, 2.45) is 5.92 Å². The van der Waals surface area contributed by atoms with Gasteiger partial charge in [0, 0.05) is 14.7 Å². The Kier molecular flexibility index (Phi) is 8.98. The number of hydrogen-bond donors (Lipinski definition) is 0. The first-order valence-electron chi connectivity index (χ1n) is 9.86. The maximum Gasteiger partial charge on any atom is 0.439 e. The lowest BCUT2D eigenvalue weighted by Gasteiger charge is -2.32. The zero-order chi connectivity index (χ0) is 22.4. The summed E-state index contributed by atoms with van der Waals surface area (Å²) >= 11 is 0. The van der Waals surface area contributed by atoms with Gasteiger partial charge in [-0.2, -0.15) is 4.68 Å². The summed E-state index contributed by atoms with van der Waals surface area (Å²) in [6, 6.07) is -0.00802. The van der Waals surface area contributed by atoms with Gasteiger partial charge in [0.25, 0.3) is 5.89 Å². The van der Waals surface area contributed by atoms with Crippen LogP contribution < -0.4 is 5.76 Å². The highest BCUT2D eigenvalue weighted by atomic mass is 28.3. The number of hydroxylamine groups is 2. The summed E-state index contributed by atoms with van der Waals surface area (Å²) in [6.45, 7) is 16.2. The lowest BCUT2D eigenvalue weighted by atomic mass is 10.00. The van der Waals surface area contributed by atoms with Crippen molar-refractivity contribution in [3.63, 3.8) is 0 Å². The third kappa shape index (κ3) is 9.05. The molecule has 0 aliphatic carbocycles. The van der Waals surface area contributed by atoms with Crippen molar-refractivity contribution in [2.75, 3.05) is 6.61 Å². The van der Waals surface area contributed by atoms with E-state index in [0.717, 1.165) is 15.8 Å². The third-order valence-corrected chi connectivity index (χ3v) is 5.52. The van der Waals surface area contributed by atoms with Gasteiger partial charge in [-0.25, -0.2) is 9.86 Å². The molecule has 10 heteroatoms. The van der Waals surface area contributed by atoms with Gasteiger partial charge in [-0.3, -0.25) is 14.4 Å². The monoisotopic (exact) mass is 429 g/mol. The zero-order valence-corrected chi connectivity index (χ0v) is 19.9. The Morgan fingerprint density at radius 2 is 1.93 bits per heavy atom. The predicted octanol–water partition coefficient (Wildman–Crippen LogP) is 2.93. The molecular formula is C19H35N3O6Si. The Morgan fingerprint density at radius 3 is 2.41 bits per heavy atom. The van der Waals surface area contributed by atoms with Crippen molar-refractivity contribution in [1.82, 2.24) is 14.8 Å². The summed E-state index contributed by atoms with van der Waals surface area (Å²) in [5.41, 5.74) is -0.680. The Hall–Kier alpha value is -1.78. The minimum absolute atomic E-state index is 0.0914. The van der Waals surface area contributed by atoms with Gasteiger partial charge in [-0.15, -0.1) is 5.10 Å². The average molecular weight is 430 g/mol. The molecule has 0 aromatic carbocycles. The predicted molar refractivity (Wildman–Crippen MR) is 111 cm³/mol. The largest absolute Gasteiger partial charge is 0.439 e. The van der Waals surface area contributed by atoms with Gasteiger partial charge in [0.2, 0.25) is 12.2 Å². The molecule has 0 saturated heterocycles. The van der Waals surface area contributed by atoms with Gasteiger partial charge in [0.1, 0.15) is 12.8 Å². The molecule has 0 N–H and O–H groups in total. The van der Waals surface area contributed by atoms with E-state index in [4.69, 9.17) is 14.0 Å². The SMILES string of the molecule is CC(C)CC(C(=O)c1nn(COCC[Si](C)(C)C)c(=O)o1)N(C=O)OC(C)(C)C. The van der Waals surface area contributed by atoms with E-state index in [2.05, 4.69) is 24.7 Å². The molecule has 1 unspecified atom stereocenters. The van der Waals surface area contributed by atoms with Crippen LogP contribution in [0.4, 0.5) is 0 Å². The summed E-state index contributed by atoms with van der Waals surface area (Å²) in [5.74, 6) is -1.64. The van der Waals surface area contributed by atoms with Crippen LogP contribution in [0.2, 0.25) is 25.7 Å². The Labute approximate surface area is 173 Å². The molecule has 1 aromatic heterocycles. The number of ether oxygens (including phenoxy) is 1. The van der Waals surface area contributed by atoms with Crippen molar-refractivity contribution in [2.45, 2.75) is 85.1 Å². The van der Waals surface area contributed by atoms with E-state index < -0.39 is 31.3 Å². The normalized spacial score (nSPS) is 13.6. The van der Waals surface area contributed by atoms with Gasteiger partial charge in [-0.1, -0.05) is 33.5 Å². The number of Topliss-reactive ketones (excluding diaryl/α,β-unsaturated/α-hetero) is 1. The molecule has 0 spiro atoms. The van der Waals surface area contributed by atoms with Crippen LogP contribution in [0, 0.1) is 5.92 Å². The molecule has 0 fully saturated rings. The fourth-order valence-electron chi connectivity index (χ4n) is 2.41. The van der Waals surface area contributed by atoms with E-state index >= 15 is 0 Å². The highest BCUT2D eigenvalue weighted by Crippen LogP contribution is 2.19. The molecule has 166 valence electrons. The Bertz CT molecular complexity index is 730. The molecule has 0 saturated carbocycles. The molecule has 0 bridgehead atoms. The fraction of sp³-hybridized carbons (Fsp3) is 0.789. The van der Waals surface area contributed by atoms with Crippen LogP contribution in [-0.4, -0.2) is 53.4 Å². The molecule has 1 atom stereocenters. The van der Waals surface area contributed by atoms with Gasteiger partial charge in [0.15, 0.2) is 0 Å². The van der Waals surface area contributed by atoms with Crippen LogP contribution in [0.3, 0.4) is 0 Å². The Morgan fingerprint density at radius 1 is 1.31 bits per heavy atom. The fourth-order valence-corrected chi connectivity index (χ4v) is 3.16. The molecule has 1 rings (SSSR count). The quantitative estimate of drug-likeness (QED) is 0.165. The highest BCUT2D eigenvalue weighted by molar-refractivity contribution is 6.76. The van der Waals surface area contributed by atoms with E-state index in [1.165, 1.54) is 0 Å². The van der Waals surface area contributed by atoms with Gasteiger partial charge in [0.05, 0.1) is 5.60 Å². The van der Waals surface area contributed by atoms with Crippen molar-refractivity contribution in [1.29, 1.82) is 0 Å². The van der Waals surface area contributed by atoms with Gasteiger partial charge in [-0.05, 0) is 39.2 Å². The highest BCUT2D eigenvalue weighted by Gasteiger charge is 2.34. The minimum atomic E-state index is -1.25. The lowest BCUT2D eigenvalue weighted by Crippen LogP contribution is -2.45. The van der Waals surface area contributed by atoms with Crippen LogP contribution in [-0.2, 0) is 21.1 Å². The average Bonchev–Trinajstić information content (AvgIpc) is 2.93. The molecule has 0 radical (unpaired) electrons. The molecular weight excluding hydrogens is 394 g/mol. The number of amides is 1. The number of hydrogen-bond acceptors (Lipinski definition) is 7. The minimum Gasteiger partial charge on any atom is -0.384 e. The topological polar surface area (TPSA) is 104 Å². The standard InChI is InChI=1S/C19H35N3O6Si/c1-14(2)11-15(22(12-23)28-19(3,4)5)16(24)17-20-21(18(25)27-17)13-26-9-10-29(6,7)8/h12,14-15H,9-11,13H2,1-8H3. The first-order chi connectivity index (χ1) is 13.2. The molecule has 9 nitrogen and oxygen atoms in total. The number of ketones is 1. The first kappa shape index (κ1) is 25.3. The first-order valence-corrected chi connectivity index (χ1v) is 13.6. The molecule has 29 heavy (non-hydrogen) atoms. The van der Waals surface area contributed by atoms with E-state index in [1.54, 1.807) is 20.8 Å². The summed E-state index contributed by atoms with van der Waals surface area (Å²) in [6.07, 6.45) is 0.793. The second-order valence-electron chi connectivity index (χ2n) is 9.70. The Balaban J connectivity index is 2.96. The van der Waals surface area contributed by atoms with E-state index in [0.29, 0.717) is 19.4 Å². The molecule has 0 aliphatic heterocycles. The number of nitrogens with zero attached hydrogens (tertiary/aromatic N) is 3. The summed E-state index contributed by atoms with van der Waals surface area (Å²) in [4.78, 5) is 42.2. The zero-order valence-electron chi connectivity index (χ0n) is 18.9. The van der Waals surface area contributed by atoms with Crippen LogP contribution in [0.15, 0.2) is 9.21 Å². The van der Waals surface area contributed by atoms with Gasteiger partial charge < -0.3 is 9.15 Å². The van der Waals surface area contributed by atoms with E-state index in [1.807, 2.05) is 13.8 Å². The van der Waals surface area contributed by atoms with Crippen molar-refractivity contribution in [3.05, 3.63) is 16.4 Å². The number of aromatic nitrogens is 2. The van der Waals surface area contributed by atoms with Crippen LogP contribution in [0.25, 0.3) is 0 Å². The number of carbonyl (C=O) groups excluding carboxylic acids is 2. The second-order valence-corrected chi connectivity index (χ2v) is 15.3. The van der Waals surface area contributed by atoms with Crippen LogP contribution in [0.1, 0.15) is 51.7 Å². The second kappa shape index (κ2) is 10.3. The maximum atomic E-state index is 13.0. The summed E-state index contributed by atoms with van der Waals surface area (Å²) in [5, 5.41) is 4.94. The molecule has 1 aromatic rings. The van der Waals surface area contributed by atoms with E-state index in [-0.39, 0.29) is 18.5 Å². The van der Waals surface area contributed by atoms with Crippen molar-refractivity contribution >= 4 is 20.3 Å². The van der Waals surface area contributed by atoms with Crippen molar-refractivity contribution < 1.29 is 23.6 Å².